The van der Waals surface area contributed by atoms with Crippen LogP contribution in [0.5, 0.6) is 0 Å². The highest BCUT2D eigenvalue weighted by Crippen LogP contribution is 2.25. The van der Waals surface area contributed by atoms with Crippen LogP contribution in [0.1, 0.15) is 4.88 Å². The normalized spacial score (nSPS) is 10.4. The number of hydrogen-bond acceptors (Lipinski definition) is 3. The summed E-state index contributed by atoms with van der Waals surface area (Å²) < 4.78 is 1.98. The molecule has 2 aromatic rings. The Hall–Kier alpha value is -0.100. The lowest BCUT2D eigenvalue weighted by Gasteiger charge is -2.05. The lowest BCUT2D eigenvalue weighted by atomic mass is 10.4. The van der Waals surface area contributed by atoms with E-state index < -0.39 is 0 Å². The minimum Gasteiger partial charge on any atom is -0.364 e. The molecule has 84 valence electrons. The first-order valence-corrected chi connectivity index (χ1v) is 7.27. The molecule has 2 nitrogen and oxygen atoms in total. The van der Waals surface area contributed by atoms with Gasteiger partial charge in [-0.05, 0) is 44.0 Å². The lowest BCUT2D eigenvalue weighted by Crippen LogP contribution is -2.00. The zero-order valence-corrected chi connectivity index (χ0v) is 12.8. The fraction of sp³-hybridized carbons (Fsp3) is 0.100. The molecule has 16 heavy (non-hydrogen) atoms. The van der Waals surface area contributed by atoms with E-state index in [-0.39, 0.29) is 0 Å². The van der Waals surface area contributed by atoms with Crippen molar-refractivity contribution in [2.75, 3.05) is 5.32 Å². The van der Waals surface area contributed by atoms with Crippen molar-refractivity contribution >= 4 is 60.6 Å². The van der Waals surface area contributed by atoms with Gasteiger partial charge in [-0.1, -0.05) is 11.6 Å². The monoisotopic (exact) mass is 380 g/mol. The number of nitrogens with zero attached hydrogens (tertiary/aromatic N) is 1. The third kappa shape index (κ3) is 3.20. The summed E-state index contributed by atoms with van der Waals surface area (Å²) in [6.07, 6.45) is 1.72. The molecule has 0 aliphatic carbocycles. The Morgan fingerprint density at radius 3 is 2.75 bits per heavy atom. The molecule has 0 atom stereocenters. The molecular formula is C10H7Br2ClN2S. The van der Waals surface area contributed by atoms with Crippen LogP contribution < -0.4 is 5.32 Å². The first-order chi connectivity index (χ1) is 7.65. The Balaban J connectivity index is 2.04. The van der Waals surface area contributed by atoms with Crippen molar-refractivity contribution in [1.29, 1.82) is 0 Å². The maximum absolute atomic E-state index is 6.04. The van der Waals surface area contributed by atoms with Crippen LogP contribution in [0.3, 0.4) is 0 Å². The Morgan fingerprint density at radius 2 is 2.12 bits per heavy atom. The summed E-state index contributed by atoms with van der Waals surface area (Å²) in [4.78, 5) is 5.43. The van der Waals surface area contributed by atoms with E-state index in [0.29, 0.717) is 10.8 Å². The van der Waals surface area contributed by atoms with Crippen molar-refractivity contribution in [2.45, 2.75) is 6.54 Å². The van der Waals surface area contributed by atoms with Gasteiger partial charge in [0.1, 0.15) is 5.82 Å². The van der Waals surface area contributed by atoms with Crippen molar-refractivity contribution in [1.82, 2.24) is 4.98 Å². The number of aromatic nitrogens is 1. The second kappa shape index (κ2) is 5.49. The molecular weight excluding hydrogens is 375 g/mol. The third-order valence-corrected chi connectivity index (χ3v) is 4.28. The van der Waals surface area contributed by atoms with Gasteiger partial charge in [-0.3, -0.25) is 0 Å². The Morgan fingerprint density at radius 1 is 1.31 bits per heavy atom. The van der Waals surface area contributed by atoms with Crippen molar-refractivity contribution in [3.8, 4) is 0 Å². The lowest BCUT2D eigenvalue weighted by molar-refractivity contribution is 1.14. The Kier molecular flexibility index (Phi) is 4.24. The summed E-state index contributed by atoms with van der Waals surface area (Å²) in [5, 5.41) is 5.86. The number of thiophene rings is 1. The molecule has 2 aromatic heterocycles. The van der Waals surface area contributed by atoms with Gasteiger partial charge in [0, 0.05) is 25.4 Å². The Labute approximate surface area is 119 Å². The van der Waals surface area contributed by atoms with Crippen molar-refractivity contribution in [3.05, 3.63) is 42.6 Å². The molecule has 0 bridgehead atoms. The predicted molar refractivity (Wildman–Crippen MR) is 76.3 cm³/mol. The number of anilines is 1. The predicted octanol–water partition coefficient (Wildman–Crippen LogP) is 4.93. The van der Waals surface area contributed by atoms with E-state index >= 15 is 0 Å². The minimum absolute atomic E-state index is 0.616. The molecule has 0 spiro atoms. The van der Waals surface area contributed by atoms with Gasteiger partial charge in [-0.15, -0.1) is 11.3 Å². The van der Waals surface area contributed by atoms with Crippen molar-refractivity contribution in [3.63, 3.8) is 0 Å². The van der Waals surface area contributed by atoms with E-state index in [1.807, 2.05) is 11.4 Å². The number of pyridine rings is 1. The molecule has 0 aliphatic rings. The van der Waals surface area contributed by atoms with Crippen LogP contribution in [0.2, 0.25) is 5.02 Å². The van der Waals surface area contributed by atoms with E-state index in [1.54, 1.807) is 17.5 Å². The highest BCUT2D eigenvalue weighted by molar-refractivity contribution is 9.10. The van der Waals surface area contributed by atoms with Gasteiger partial charge in [0.15, 0.2) is 0 Å². The van der Waals surface area contributed by atoms with Crippen LogP contribution in [0, 0.1) is 0 Å². The second-order valence-corrected chi connectivity index (χ2v) is 6.30. The van der Waals surface area contributed by atoms with Crippen LogP contribution in [0.15, 0.2) is 32.7 Å². The van der Waals surface area contributed by atoms with Gasteiger partial charge in [-0.25, -0.2) is 4.98 Å². The van der Waals surface area contributed by atoms with Gasteiger partial charge in [0.2, 0.25) is 0 Å². The highest BCUT2D eigenvalue weighted by Gasteiger charge is 2.03. The topological polar surface area (TPSA) is 24.9 Å². The quantitative estimate of drug-likeness (QED) is 0.814. The maximum atomic E-state index is 6.04. The van der Waals surface area contributed by atoms with Crippen LogP contribution >= 0.6 is 54.8 Å². The first kappa shape index (κ1) is 12.4. The summed E-state index contributed by atoms with van der Waals surface area (Å²) in [6, 6.07) is 3.89. The van der Waals surface area contributed by atoms with Crippen LogP contribution in [-0.2, 0) is 6.54 Å². The van der Waals surface area contributed by atoms with Gasteiger partial charge in [-0.2, -0.15) is 0 Å². The molecule has 0 saturated carbocycles. The summed E-state index contributed by atoms with van der Waals surface area (Å²) in [7, 11) is 0. The zero-order chi connectivity index (χ0) is 11.5. The summed E-state index contributed by atoms with van der Waals surface area (Å²) in [6.45, 7) is 0.727. The molecule has 0 radical (unpaired) electrons. The first-order valence-electron chi connectivity index (χ1n) is 4.43. The molecule has 0 saturated heterocycles. The van der Waals surface area contributed by atoms with E-state index in [2.05, 4.69) is 48.2 Å². The van der Waals surface area contributed by atoms with Gasteiger partial charge < -0.3 is 5.32 Å². The standard InChI is InChI=1S/C10H7Br2ClN2S/c11-6-2-9(13)10(14-3-6)15-4-8-1-7(12)5-16-8/h1-3,5H,4H2,(H,14,15). The van der Waals surface area contributed by atoms with E-state index in [9.17, 15) is 0 Å². The summed E-state index contributed by atoms with van der Waals surface area (Å²) >= 11 is 14.5. The average Bonchev–Trinajstić information content (AvgIpc) is 2.63. The Bertz CT molecular complexity index is 501. The maximum Gasteiger partial charge on any atom is 0.145 e. The molecule has 0 amide bonds. The van der Waals surface area contributed by atoms with E-state index in [4.69, 9.17) is 11.6 Å². The molecule has 2 rings (SSSR count). The number of hydrogen-bond donors (Lipinski definition) is 1. The molecule has 0 fully saturated rings. The number of rotatable bonds is 3. The van der Waals surface area contributed by atoms with Crippen LogP contribution in [-0.4, -0.2) is 4.98 Å². The molecule has 6 heteroatoms. The van der Waals surface area contributed by atoms with Crippen molar-refractivity contribution < 1.29 is 0 Å². The average molecular weight is 383 g/mol. The van der Waals surface area contributed by atoms with Crippen LogP contribution in [0.4, 0.5) is 5.82 Å². The molecule has 1 N–H and O–H groups in total. The third-order valence-electron chi connectivity index (χ3n) is 1.86. The number of halogens is 3. The molecule has 2 heterocycles. The fourth-order valence-electron chi connectivity index (χ4n) is 1.16. The summed E-state index contributed by atoms with van der Waals surface area (Å²) in [5.41, 5.74) is 0. The van der Waals surface area contributed by atoms with E-state index in [0.717, 1.165) is 15.5 Å². The molecule has 0 aliphatic heterocycles. The minimum atomic E-state index is 0.616. The second-order valence-electron chi connectivity index (χ2n) is 3.07. The van der Waals surface area contributed by atoms with Crippen molar-refractivity contribution in [2.24, 2.45) is 0 Å². The van der Waals surface area contributed by atoms with E-state index in [1.165, 1.54) is 4.88 Å². The highest BCUT2D eigenvalue weighted by atomic mass is 79.9. The fourth-order valence-corrected chi connectivity index (χ4v) is 3.25. The van der Waals surface area contributed by atoms with Gasteiger partial charge >= 0.3 is 0 Å². The molecule has 0 aromatic carbocycles. The zero-order valence-electron chi connectivity index (χ0n) is 8.01. The molecule has 0 unspecified atom stereocenters. The van der Waals surface area contributed by atoms with Gasteiger partial charge in [0.25, 0.3) is 0 Å². The summed E-state index contributed by atoms with van der Waals surface area (Å²) in [5.74, 6) is 0.703. The smallest absolute Gasteiger partial charge is 0.145 e. The van der Waals surface area contributed by atoms with Crippen LogP contribution in [0.25, 0.3) is 0 Å². The largest absolute Gasteiger partial charge is 0.364 e. The van der Waals surface area contributed by atoms with Gasteiger partial charge in [0.05, 0.1) is 11.6 Å². The number of nitrogens with one attached hydrogen (secondary N) is 1. The SMILES string of the molecule is Clc1cc(Br)cnc1NCc1cc(Br)cs1.